The average molecular weight is 241 g/mol. The van der Waals surface area contributed by atoms with E-state index in [4.69, 9.17) is 18.0 Å². The minimum absolute atomic E-state index is 0.0755. The van der Waals surface area contributed by atoms with Crippen molar-refractivity contribution in [3.05, 3.63) is 0 Å². The van der Waals surface area contributed by atoms with E-state index in [2.05, 4.69) is 0 Å². The van der Waals surface area contributed by atoms with Gasteiger partial charge in [0.1, 0.15) is 6.29 Å². The van der Waals surface area contributed by atoms with Crippen LogP contribution in [0.25, 0.3) is 0 Å². The molecule has 1 amide bonds. The van der Waals surface area contributed by atoms with Crippen LogP contribution in [0.5, 0.6) is 0 Å². The van der Waals surface area contributed by atoms with Gasteiger partial charge in [0.05, 0.1) is 0 Å². The highest BCUT2D eigenvalue weighted by molar-refractivity contribution is 7.80. The smallest absolute Gasteiger partial charge is 0.223 e. The highest BCUT2D eigenvalue weighted by Gasteiger charge is 2.53. The van der Waals surface area contributed by atoms with Gasteiger partial charge in [-0.25, -0.2) is 0 Å². The predicted octanol–water partition coefficient (Wildman–Crippen LogP) is -0.647. The van der Waals surface area contributed by atoms with Gasteiger partial charge in [0, 0.05) is 44.4 Å². The number of hydrogen-bond acceptors (Lipinski definition) is 3. The van der Waals surface area contributed by atoms with Crippen LogP contribution in [0.4, 0.5) is 0 Å². The zero-order chi connectivity index (χ0) is 11.8. The van der Waals surface area contributed by atoms with E-state index in [0.29, 0.717) is 18.0 Å². The third kappa shape index (κ3) is 1.89. The second-order valence-electron chi connectivity index (χ2n) is 4.65. The Kier molecular flexibility index (Phi) is 2.84. The lowest BCUT2D eigenvalue weighted by Gasteiger charge is -2.60. The molecule has 88 valence electrons. The number of amides is 1. The van der Waals surface area contributed by atoms with Crippen LogP contribution >= 0.6 is 12.2 Å². The van der Waals surface area contributed by atoms with Crippen molar-refractivity contribution in [2.45, 2.75) is 12.8 Å². The molecule has 16 heavy (non-hydrogen) atoms. The molecule has 0 saturated carbocycles. The van der Waals surface area contributed by atoms with E-state index in [1.165, 1.54) is 0 Å². The zero-order valence-electron chi connectivity index (χ0n) is 9.02. The molecule has 2 saturated heterocycles. The van der Waals surface area contributed by atoms with Crippen LogP contribution in [-0.4, -0.2) is 53.3 Å². The van der Waals surface area contributed by atoms with Gasteiger partial charge >= 0.3 is 0 Å². The van der Waals surface area contributed by atoms with Crippen molar-refractivity contribution in [3.63, 3.8) is 0 Å². The molecule has 1 spiro atoms. The number of thiocarbonyl (C=S) groups is 1. The molecule has 0 bridgehead atoms. The molecule has 5 nitrogen and oxygen atoms in total. The van der Waals surface area contributed by atoms with E-state index in [-0.39, 0.29) is 11.3 Å². The van der Waals surface area contributed by atoms with Crippen LogP contribution in [0, 0.1) is 5.41 Å². The summed E-state index contributed by atoms with van der Waals surface area (Å²) >= 11 is 4.87. The Morgan fingerprint density at radius 3 is 2.38 bits per heavy atom. The molecule has 0 aromatic carbocycles. The molecule has 6 heteroatoms. The van der Waals surface area contributed by atoms with Gasteiger partial charge in [-0.1, -0.05) is 0 Å². The predicted molar refractivity (Wildman–Crippen MR) is 62.7 cm³/mol. The minimum atomic E-state index is 0.0755. The number of nitrogens with two attached hydrogens (primary N) is 1. The Labute approximate surface area is 99.6 Å². The number of likely N-dealkylation sites (tertiary alicyclic amines) is 2. The molecule has 0 aromatic heterocycles. The van der Waals surface area contributed by atoms with Crippen molar-refractivity contribution in [3.8, 4) is 0 Å². The van der Waals surface area contributed by atoms with E-state index in [9.17, 15) is 9.59 Å². The van der Waals surface area contributed by atoms with Gasteiger partial charge in [0.15, 0.2) is 5.11 Å². The maximum Gasteiger partial charge on any atom is 0.223 e. The Morgan fingerprint density at radius 2 is 1.88 bits per heavy atom. The van der Waals surface area contributed by atoms with Crippen LogP contribution in [0.2, 0.25) is 0 Å². The van der Waals surface area contributed by atoms with Gasteiger partial charge in [-0.05, 0) is 12.2 Å². The monoisotopic (exact) mass is 241 g/mol. The number of nitrogens with zero attached hydrogens (tertiary/aromatic N) is 2. The summed E-state index contributed by atoms with van der Waals surface area (Å²) in [5, 5.41) is 0.441. The van der Waals surface area contributed by atoms with E-state index in [0.717, 1.165) is 32.5 Å². The first-order chi connectivity index (χ1) is 7.56. The molecule has 0 radical (unpaired) electrons. The summed E-state index contributed by atoms with van der Waals surface area (Å²) in [6.45, 7) is 3.28. The molecule has 2 rings (SSSR count). The fraction of sp³-hybridized carbons (Fsp3) is 0.700. The molecule has 2 aliphatic rings. The van der Waals surface area contributed by atoms with E-state index >= 15 is 0 Å². The molecular weight excluding hydrogens is 226 g/mol. The summed E-state index contributed by atoms with van der Waals surface area (Å²) in [7, 11) is 0. The normalized spacial score (nSPS) is 21.2. The second kappa shape index (κ2) is 4.01. The zero-order valence-corrected chi connectivity index (χ0v) is 9.83. The lowest BCUT2D eigenvalue weighted by atomic mass is 9.73. The average Bonchev–Trinajstić information content (AvgIpc) is 2.09. The lowest BCUT2D eigenvalue weighted by Crippen LogP contribution is -2.74. The van der Waals surface area contributed by atoms with Crippen LogP contribution in [0.3, 0.4) is 0 Å². The summed E-state index contributed by atoms with van der Waals surface area (Å²) in [4.78, 5) is 25.4. The largest absolute Gasteiger partial charge is 0.376 e. The Morgan fingerprint density at radius 1 is 1.31 bits per heavy atom. The first kappa shape index (κ1) is 11.3. The van der Waals surface area contributed by atoms with Crippen LogP contribution in [0.1, 0.15) is 12.8 Å². The third-order valence-corrected chi connectivity index (χ3v) is 3.50. The number of rotatable bonds is 3. The van der Waals surface area contributed by atoms with Crippen molar-refractivity contribution < 1.29 is 9.59 Å². The van der Waals surface area contributed by atoms with Gasteiger partial charge in [0.25, 0.3) is 0 Å². The molecule has 2 N–H and O–H groups in total. The molecule has 0 unspecified atom stereocenters. The van der Waals surface area contributed by atoms with Crippen LogP contribution in [-0.2, 0) is 9.59 Å². The van der Waals surface area contributed by atoms with E-state index < -0.39 is 0 Å². The minimum Gasteiger partial charge on any atom is -0.376 e. The Balaban J connectivity index is 1.72. The third-order valence-electron chi connectivity index (χ3n) is 3.25. The lowest BCUT2D eigenvalue weighted by molar-refractivity contribution is -0.153. The molecular formula is C10H15N3O2S. The molecule has 0 atom stereocenters. The highest BCUT2D eigenvalue weighted by atomic mass is 32.1. The first-order valence-corrected chi connectivity index (χ1v) is 5.73. The van der Waals surface area contributed by atoms with Crippen molar-refractivity contribution >= 4 is 29.5 Å². The maximum absolute atomic E-state index is 11.5. The van der Waals surface area contributed by atoms with Gasteiger partial charge in [0.2, 0.25) is 5.91 Å². The van der Waals surface area contributed by atoms with Gasteiger partial charge in [-0.2, -0.15) is 0 Å². The van der Waals surface area contributed by atoms with Crippen LogP contribution < -0.4 is 5.73 Å². The summed E-state index contributed by atoms with van der Waals surface area (Å²) in [5.74, 6) is 0.0755. The first-order valence-electron chi connectivity index (χ1n) is 5.32. The van der Waals surface area contributed by atoms with Crippen molar-refractivity contribution in [1.29, 1.82) is 0 Å². The SMILES string of the molecule is NC(=S)N1CC2(CN(C(=O)CCC=O)C2)C1. The number of carbonyl (C=O) groups is 2. The quantitative estimate of drug-likeness (QED) is 0.525. The van der Waals surface area contributed by atoms with Crippen molar-refractivity contribution in [2.75, 3.05) is 26.2 Å². The topological polar surface area (TPSA) is 66.6 Å². The molecule has 2 heterocycles. The van der Waals surface area contributed by atoms with Crippen molar-refractivity contribution in [1.82, 2.24) is 9.80 Å². The summed E-state index contributed by atoms with van der Waals surface area (Å²) in [5.41, 5.74) is 5.72. The fourth-order valence-electron chi connectivity index (χ4n) is 2.40. The second-order valence-corrected chi connectivity index (χ2v) is 5.07. The Bertz CT molecular complexity index is 331. The molecule has 2 fully saturated rings. The molecule has 0 aliphatic carbocycles. The molecule has 2 aliphatic heterocycles. The Hall–Kier alpha value is -1.17. The van der Waals surface area contributed by atoms with Gasteiger partial charge < -0.3 is 20.3 Å². The summed E-state index contributed by atoms with van der Waals surface area (Å²) in [6, 6.07) is 0. The van der Waals surface area contributed by atoms with Crippen molar-refractivity contribution in [2.24, 2.45) is 11.1 Å². The van der Waals surface area contributed by atoms with Gasteiger partial charge in [-0.3, -0.25) is 4.79 Å². The number of hydrogen-bond donors (Lipinski definition) is 1. The fourth-order valence-corrected chi connectivity index (χ4v) is 2.53. The van der Waals surface area contributed by atoms with E-state index in [1.54, 1.807) is 4.90 Å². The summed E-state index contributed by atoms with van der Waals surface area (Å²) in [6.07, 6.45) is 1.44. The van der Waals surface area contributed by atoms with Gasteiger partial charge in [-0.15, -0.1) is 0 Å². The number of carbonyl (C=O) groups excluding carboxylic acids is 2. The highest BCUT2D eigenvalue weighted by Crippen LogP contribution is 2.39. The standard InChI is InChI=1S/C10H15N3O2S/c11-9(16)13-6-10(7-13)4-12(5-10)8(15)2-1-3-14/h3H,1-2,4-7H2,(H2,11,16). The molecule has 0 aromatic rings. The summed E-state index contributed by atoms with van der Waals surface area (Å²) < 4.78 is 0. The van der Waals surface area contributed by atoms with Crippen LogP contribution in [0.15, 0.2) is 0 Å². The number of aldehydes is 1. The maximum atomic E-state index is 11.5. The van der Waals surface area contributed by atoms with E-state index in [1.807, 2.05) is 4.90 Å².